The van der Waals surface area contributed by atoms with Crippen LogP contribution in [0, 0.1) is 13.8 Å². The van der Waals surface area contributed by atoms with Gasteiger partial charge >= 0.3 is 0 Å². The van der Waals surface area contributed by atoms with Crippen molar-refractivity contribution in [2.24, 2.45) is 0 Å². The van der Waals surface area contributed by atoms with Gasteiger partial charge in [0.15, 0.2) is 0 Å². The fourth-order valence-electron chi connectivity index (χ4n) is 3.06. The lowest BCUT2D eigenvalue weighted by Gasteiger charge is -2.07. The maximum absolute atomic E-state index is 12.4. The van der Waals surface area contributed by atoms with E-state index in [1.165, 1.54) is 0 Å². The molecule has 2 aromatic heterocycles. The molecular formula is C21H21N5O. The maximum Gasteiger partial charge on any atom is 0.251 e. The number of rotatable bonds is 5. The van der Waals surface area contributed by atoms with Gasteiger partial charge in [-0.05, 0) is 50.6 Å². The van der Waals surface area contributed by atoms with Gasteiger partial charge in [-0.2, -0.15) is 0 Å². The van der Waals surface area contributed by atoms with Crippen molar-refractivity contribution in [3.05, 3.63) is 65.2 Å². The molecule has 0 unspecified atom stereocenters. The lowest BCUT2D eigenvalue weighted by Crippen LogP contribution is -2.24. The lowest BCUT2D eigenvalue weighted by atomic mass is 10.1. The Labute approximate surface area is 157 Å². The van der Waals surface area contributed by atoms with E-state index in [2.05, 4.69) is 25.3 Å². The molecule has 0 saturated carbocycles. The number of nitrogens with zero attached hydrogens (tertiary/aromatic N) is 3. The molecule has 136 valence electrons. The number of aromatic nitrogens is 4. The minimum atomic E-state index is -0.0958. The van der Waals surface area contributed by atoms with Crippen LogP contribution in [0.2, 0.25) is 0 Å². The van der Waals surface area contributed by atoms with Crippen molar-refractivity contribution in [3.8, 4) is 0 Å². The zero-order valence-corrected chi connectivity index (χ0v) is 15.4. The summed E-state index contributed by atoms with van der Waals surface area (Å²) in [5.74, 6) is 0.846. The number of carbonyl (C=O) groups excluding carboxylic acids is 1. The summed E-state index contributed by atoms with van der Waals surface area (Å²) in [6.07, 6.45) is 1.61. The van der Waals surface area contributed by atoms with Crippen LogP contribution in [-0.2, 0) is 6.42 Å². The van der Waals surface area contributed by atoms with E-state index in [1.807, 2.05) is 44.2 Å². The van der Waals surface area contributed by atoms with Crippen LogP contribution in [0.3, 0.4) is 0 Å². The Hall–Kier alpha value is -3.28. The van der Waals surface area contributed by atoms with Crippen molar-refractivity contribution >= 4 is 28.0 Å². The molecule has 0 saturated heterocycles. The van der Waals surface area contributed by atoms with Crippen molar-refractivity contribution in [1.82, 2.24) is 25.3 Å². The Morgan fingerprint density at radius 1 is 0.963 bits per heavy atom. The molecule has 0 fully saturated rings. The van der Waals surface area contributed by atoms with E-state index in [9.17, 15) is 4.79 Å². The van der Waals surface area contributed by atoms with Crippen LogP contribution in [0.1, 0.15) is 34.0 Å². The molecule has 0 radical (unpaired) electrons. The molecule has 0 aliphatic carbocycles. The number of carbonyl (C=O) groups is 1. The third kappa shape index (κ3) is 3.65. The van der Waals surface area contributed by atoms with E-state index in [-0.39, 0.29) is 5.91 Å². The summed E-state index contributed by atoms with van der Waals surface area (Å²) in [4.78, 5) is 29.3. The van der Waals surface area contributed by atoms with Crippen molar-refractivity contribution < 1.29 is 4.79 Å². The summed E-state index contributed by atoms with van der Waals surface area (Å²) < 4.78 is 0. The van der Waals surface area contributed by atoms with Gasteiger partial charge in [0.2, 0.25) is 0 Å². The molecular weight excluding hydrogens is 338 g/mol. The molecule has 2 aromatic carbocycles. The number of nitrogens with one attached hydrogen (secondary N) is 2. The number of fused-ring (bicyclic) bond motifs is 2. The van der Waals surface area contributed by atoms with Crippen molar-refractivity contribution in [3.63, 3.8) is 0 Å². The lowest BCUT2D eigenvalue weighted by molar-refractivity contribution is 0.0953. The van der Waals surface area contributed by atoms with Gasteiger partial charge < -0.3 is 10.3 Å². The number of imidazole rings is 1. The molecule has 27 heavy (non-hydrogen) atoms. The van der Waals surface area contributed by atoms with Gasteiger partial charge in [-0.1, -0.05) is 12.1 Å². The number of benzene rings is 2. The zero-order valence-electron chi connectivity index (χ0n) is 15.4. The number of aromatic amines is 1. The van der Waals surface area contributed by atoms with Crippen LogP contribution in [-0.4, -0.2) is 32.4 Å². The molecule has 0 aliphatic heterocycles. The second-order valence-corrected chi connectivity index (χ2v) is 6.66. The van der Waals surface area contributed by atoms with Crippen LogP contribution < -0.4 is 5.32 Å². The average Bonchev–Trinajstić information content (AvgIpc) is 3.08. The number of hydrogen-bond acceptors (Lipinski definition) is 4. The smallest absolute Gasteiger partial charge is 0.251 e. The van der Waals surface area contributed by atoms with E-state index < -0.39 is 0 Å². The van der Waals surface area contributed by atoms with Gasteiger partial charge in [0.25, 0.3) is 5.91 Å². The number of H-pyrrole nitrogens is 1. The van der Waals surface area contributed by atoms with E-state index in [0.29, 0.717) is 12.1 Å². The number of amides is 1. The predicted octanol–water partition coefficient (Wildman–Crippen LogP) is 3.49. The van der Waals surface area contributed by atoms with Gasteiger partial charge in [-0.25, -0.2) is 15.0 Å². The standard InChI is InChI=1S/C21H21N5O/c1-13-14(2)24-19-12-15(9-10-18(19)23-13)21(27)22-11-5-8-20-25-16-6-3-4-7-17(16)26-20/h3-4,6-7,9-10,12H,5,8,11H2,1-2H3,(H,22,27)(H,25,26). The van der Waals surface area contributed by atoms with E-state index in [4.69, 9.17) is 0 Å². The molecule has 6 nitrogen and oxygen atoms in total. The maximum atomic E-state index is 12.4. The molecule has 6 heteroatoms. The van der Waals surface area contributed by atoms with Crippen molar-refractivity contribution in [2.45, 2.75) is 26.7 Å². The van der Waals surface area contributed by atoms with Crippen LogP contribution in [0.15, 0.2) is 42.5 Å². The highest BCUT2D eigenvalue weighted by atomic mass is 16.1. The largest absolute Gasteiger partial charge is 0.352 e. The molecule has 2 N–H and O–H groups in total. The van der Waals surface area contributed by atoms with Gasteiger partial charge in [0, 0.05) is 18.5 Å². The monoisotopic (exact) mass is 359 g/mol. The second kappa shape index (κ2) is 7.15. The van der Waals surface area contributed by atoms with E-state index >= 15 is 0 Å². The first-order valence-corrected chi connectivity index (χ1v) is 9.07. The molecule has 0 spiro atoms. The van der Waals surface area contributed by atoms with E-state index in [1.54, 1.807) is 12.1 Å². The van der Waals surface area contributed by atoms with Gasteiger partial charge in [0.1, 0.15) is 5.82 Å². The van der Waals surface area contributed by atoms with Crippen LogP contribution in [0.5, 0.6) is 0 Å². The molecule has 4 rings (SSSR count). The van der Waals surface area contributed by atoms with Gasteiger partial charge in [-0.15, -0.1) is 0 Å². The molecule has 1 amide bonds. The summed E-state index contributed by atoms with van der Waals surface area (Å²) in [7, 11) is 0. The highest BCUT2D eigenvalue weighted by Gasteiger charge is 2.09. The third-order valence-corrected chi connectivity index (χ3v) is 4.65. The Morgan fingerprint density at radius 2 is 1.74 bits per heavy atom. The summed E-state index contributed by atoms with van der Waals surface area (Å²) in [6.45, 7) is 4.45. The highest BCUT2D eigenvalue weighted by molar-refractivity contribution is 5.97. The van der Waals surface area contributed by atoms with Gasteiger partial charge in [-0.3, -0.25) is 4.79 Å². The van der Waals surface area contributed by atoms with Crippen LogP contribution >= 0.6 is 0 Å². The SMILES string of the molecule is Cc1nc2ccc(C(=O)NCCCc3nc4ccccc4[nH]3)cc2nc1C. The highest BCUT2D eigenvalue weighted by Crippen LogP contribution is 2.15. The summed E-state index contributed by atoms with van der Waals surface area (Å²) >= 11 is 0. The summed E-state index contributed by atoms with van der Waals surface area (Å²) in [5, 5.41) is 2.96. The second-order valence-electron chi connectivity index (χ2n) is 6.66. The van der Waals surface area contributed by atoms with Crippen molar-refractivity contribution in [1.29, 1.82) is 0 Å². The topological polar surface area (TPSA) is 83.6 Å². The fraction of sp³-hybridized carbons (Fsp3) is 0.238. The molecule has 0 atom stereocenters. The zero-order chi connectivity index (χ0) is 18.8. The first kappa shape index (κ1) is 17.1. The Kier molecular flexibility index (Phi) is 4.54. The molecule has 0 bridgehead atoms. The Bertz CT molecular complexity index is 1100. The van der Waals surface area contributed by atoms with E-state index in [0.717, 1.165) is 52.1 Å². The quantitative estimate of drug-likeness (QED) is 0.534. The van der Waals surface area contributed by atoms with Gasteiger partial charge in [0.05, 0.1) is 33.5 Å². The Morgan fingerprint density at radius 3 is 2.56 bits per heavy atom. The third-order valence-electron chi connectivity index (χ3n) is 4.65. The minimum Gasteiger partial charge on any atom is -0.352 e. The fourth-order valence-corrected chi connectivity index (χ4v) is 3.06. The van der Waals surface area contributed by atoms with Crippen LogP contribution in [0.4, 0.5) is 0 Å². The average molecular weight is 359 g/mol. The summed E-state index contributed by atoms with van der Waals surface area (Å²) in [6, 6.07) is 13.4. The minimum absolute atomic E-state index is 0.0958. The summed E-state index contributed by atoms with van der Waals surface area (Å²) in [5.41, 5.74) is 5.95. The number of para-hydroxylation sites is 2. The normalized spacial score (nSPS) is 11.2. The Balaban J connectivity index is 1.36. The first-order chi connectivity index (χ1) is 13.1. The number of hydrogen-bond donors (Lipinski definition) is 2. The molecule has 0 aliphatic rings. The molecule has 4 aromatic rings. The first-order valence-electron chi connectivity index (χ1n) is 9.07. The predicted molar refractivity (Wildman–Crippen MR) is 106 cm³/mol. The van der Waals surface area contributed by atoms with Crippen molar-refractivity contribution in [2.75, 3.05) is 6.54 Å². The molecule has 2 heterocycles. The van der Waals surface area contributed by atoms with Crippen LogP contribution in [0.25, 0.3) is 22.1 Å². The number of aryl methyl sites for hydroxylation is 3.